The van der Waals surface area contributed by atoms with Crippen molar-refractivity contribution in [3.8, 4) is 0 Å². The number of hydrogen-bond donors (Lipinski definition) is 2. The van der Waals surface area contributed by atoms with Gasteiger partial charge in [-0.05, 0) is 12.1 Å². The number of nitrogens with zero attached hydrogens (tertiary/aromatic N) is 1. The van der Waals surface area contributed by atoms with E-state index < -0.39 is 11.8 Å². The smallest absolute Gasteiger partial charge is 0.277 e. The highest BCUT2D eigenvalue weighted by molar-refractivity contribution is 6.13. The molecule has 6 nitrogen and oxygen atoms in total. The predicted octanol–water partition coefficient (Wildman–Crippen LogP) is 1.01. The first kappa shape index (κ1) is 13.1. The highest BCUT2D eigenvalue weighted by Crippen LogP contribution is 2.21. The summed E-state index contributed by atoms with van der Waals surface area (Å²) in [4.78, 5) is 39.2. The molecule has 6 heteroatoms. The molecule has 1 fully saturated rings. The van der Waals surface area contributed by atoms with E-state index in [1.54, 1.807) is 12.3 Å². The number of aromatic nitrogens is 1. The molecule has 0 saturated carbocycles. The van der Waals surface area contributed by atoms with Gasteiger partial charge in [0.2, 0.25) is 11.8 Å². The number of benzene rings is 1. The van der Waals surface area contributed by atoms with Crippen molar-refractivity contribution < 1.29 is 14.4 Å². The maximum atomic E-state index is 12.2. The molecule has 3 rings (SSSR count). The molecule has 3 amide bonds. The van der Waals surface area contributed by atoms with Crippen LogP contribution in [-0.2, 0) is 14.4 Å². The van der Waals surface area contributed by atoms with Gasteiger partial charge in [0, 0.05) is 29.6 Å². The number of rotatable bonds is 1. The van der Waals surface area contributed by atoms with Crippen LogP contribution in [-0.4, -0.2) is 34.2 Å². The molecule has 0 radical (unpaired) electrons. The van der Waals surface area contributed by atoms with Gasteiger partial charge >= 0.3 is 0 Å². The van der Waals surface area contributed by atoms with Crippen molar-refractivity contribution in [2.75, 3.05) is 6.54 Å². The van der Waals surface area contributed by atoms with E-state index in [1.165, 1.54) is 6.92 Å². The zero-order valence-electron chi connectivity index (χ0n) is 11.3. The summed E-state index contributed by atoms with van der Waals surface area (Å²) in [6, 6.07) is 7.62. The van der Waals surface area contributed by atoms with Gasteiger partial charge in [-0.3, -0.25) is 19.3 Å². The quantitative estimate of drug-likeness (QED) is 0.766. The predicted molar refractivity (Wildman–Crippen MR) is 76.8 cm³/mol. The Morgan fingerprint density at radius 1 is 1.29 bits per heavy atom. The van der Waals surface area contributed by atoms with Crippen LogP contribution in [0.2, 0.25) is 0 Å². The number of carbonyl (C=O) groups excluding carboxylic acids is 3. The number of fused-ring (bicyclic) bond motifs is 1. The van der Waals surface area contributed by atoms with E-state index in [2.05, 4.69) is 10.3 Å². The van der Waals surface area contributed by atoms with Gasteiger partial charge in [-0.15, -0.1) is 0 Å². The lowest BCUT2D eigenvalue weighted by atomic mass is 10.1. The van der Waals surface area contributed by atoms with Crippen LogP contribution < -0.4 is 5.32 Å². The molecule has 106 valence electrons. The topological polar surface area (TPSA) is 82.3 Å². The normalized spacial score (nSPS) is 17.4. The van der Waals surface area contributed by atoms with Crippen molar-refractivity contribution in [1.29, 1.82) is 0 Å². The first-order valence-electron chi connectivity index (χ1n) is 6.46. The largest absolute Gasteiger partial charge is 0.361 e. The Balaban J connectivity index is 2.03. The summed E-state index contributed by atoms with van der Waals surface area (Å²) in [6.45, 7) is 1.03. The summed E-state index contributed by atoms with van der Waals surface area (Å²) in [7, 11) is 0. The highest BCUT2D eigenvalue weighted by atomic mass is 16.2. The lowest BCUT2D eigenvalue weighted by Crippen LogP contribution is -2.51. The molecule has 1 aromatic heterocycles. The second-order valence-electron chi connectivity index (χ2n) is 4.81. The summed E-state index contributed by atoms with van der Waals surface area (Å²) >= 11 is 0. The molecule has 0 aliphatic carbocycles. The van der Waals surface area contributed by atoms with Crippen molar-refractivity contribution >= 4 is 34.7 Å². The molecule has 1 aromatic carbocycles. The number of piperazine rings is 1. The minimum Gasteiger partial charge on any atom is -0.361 e. The number of carbonyl (C=O) groups is 3. The van der Waals surface area contributed by atoms with Gasteiger partial charge in [0.1, 0.15) is 12.2 Å². The van der Waals surface area contributed by atoms with E-state index >= 15 is 0 Å². The first-order chi connectivity index (χ1) is 10.1. The molecule has 0 unspecified atom stereocenters. The Hall–Kier alpha value is -2.89. The number of H-pyrrole nitrogens is 1. The second kappa shape index (κ2) is 4.90. The Morgan fingerprint density at radius 2 is 2.05 bits per heavy atom. The van der Waals surface area contributed by atoms with Crippen molar-refractivity contribution in [3.05, 3.63) is 41.7 Å². The van der Waals surface area contributed by atoms with Crippen molar-refractivity contribution in [2.45, 2.75) is 6.92 Å². The zero-order valence-corrected chi connectivity index (χ0v) is 11.3. The number of aromatic amines is 1. The Kier molecular flexibility index (Phi) is 3.06. The standard InChI is InChI=1S/C15H13N3O3/c1-9(19)18-8-14(20)17-13(15(18)21)6-10-7-16-12-5-3-2-4-11(10)12/h2-7,16H,8H2,1H3,(H,17,20)/b13-6-. The van der Waals surface area contributed by atoms with E-state index in [0.29, 0.717) is 0 Å². The molecule has 0 bridgehead atoms. The number of hydrogen-bond acceptors (Lipinski definition) is 3. The lowest BCUT2D eigenvalue weighted by Gasteiger charge is -2.25. The zero-order chi connectivity index (χ0) is 15.0. The second-order valence-corrected chi connectivity index (χ2v) is 4.81. The van der Waals surface area contributed by atoms with E-state index in [1.807, 2.05) is 24.3 Å². The van der Waals surface area contributed by atoms with Gasteiger partial charge in [0.25, 0.3) is 5.91 Å². The summed E-state index contributed by atoms with van der Waals surface area (Å²) < 4.78 is 0. The highest BCUT2D eigenvalue weighted by Gasteiger charge is 2.30. The molecule has 0 spiro atoms. The fourth-order valence-electron chi connectivity index (χ4n) is 2.33. The Bertz CT molecular complexity index is 788. The van der Waals surface area contributed by atoms with E-state index in [9.17, 15) is 14.4 Å². The number of amides is 3. The van der Waals surface area contributed by atoms with Crippen LogP contribution in [0.15, 0.2) is 36.2 Å². The molecule has 0 atom stereocenters. The van der Waals surface area contributed by atoms with Gasteiger partial charge in [-0.2, -0.15) is 0 Å². The lowest BCUT2D eigenvalue weighted by molar-refractivity contribution is -0.147. The monoisotopic (exact) mass is 283 g/mol. The molecule has 2 heterocycles. The Morgan fingerprint density at radius 3 is 2.81 bits per heavy atom. The third-order valence-electron chi connectivity index (χ3n) is 3.35. The minimum atomic E-state index is -0.493. The van der Waals surface area contributed by atoms with Crippen LogP contribution in [0, 0.1) is 0 Å². The molecule has 1 aliphatic heterocycles. The van der Waals surface area contributed by atoms with Crippen molar-refractivity contribution in [2.24, 2.45) is 0 Å². The molecule has 1 aliphatic rings. The molecule has 21 heavy (non-hydrogen) atoms. The Labute approximate surface area is 120 Å². The minimum absolute atomic E-state index is 0.103. The molecule has 1 saturated heterocycles. The van der Waals surface area contributed by atoms with Gasteiger partial charge in [-0.1, -0.05) is 18.2 Å². The SMILES string of the molecule is CC(=O)N1CC(=O)N/C(=C\c2c[nH]c3ccccc23)C1=O. The molecular weight excluding hydrogens is 270 g/mol. The number of nitrogens with one attached hydrogen (secondary N) is 2. The maximum absolute atomic E-state index is 12.2. The van der Waals surface area contributed by atoms with Crippen LogP contribution in [0.3, 0.4) is 0 Å². The average molecular weight is 283 g/mol. The summed E-state index contributed by atoms with van der Waals surface area (Å²) in [5.74, 6) is -1.32. The van der Waals surface area contributed by atoms with Crippen LogP contribution in [0.25, 0.3) is 17.0 Å². The number of para-hydroxylation sites is 1. The summed E-state index contributed by atoms with van der Waals surface area (Å²) in [5, 5.41) is 3.46. The summed E-state index contributed by atoms with van der Waals surface area (Å²) in [5.41, 5.74) is 1.81. The van der Waals surface area contributed by atoms with Crippen LogP contribution in [0.4, 0.5) is 0 Å². The fraction of sp³-hybridized carbons (Fsp3) is 0.133. The van der Waals surface area contributed by atoms with Crippen LogP contribution in [0.5, 0.6) is 0 Å². The van der Waals surface area contributed by atoms with Crippen LogP contribution in [0.1, 0.15) is 12.5 Å². The molecule has 2 aromatic rings. The molecule has 2 N–H and O–H groups in total. The van der Waals surface area contributed by atoms with Gasteiger partial charge < -0.3 is 10.3 Å². The first-order valence-corrected chi connectivity index (χ1v) is 6.46. The van der Waals surface area contributed by atoms with E-state index in [0.717, 1.165) is 21.4 Å². The van der Waals surface area contributed by atoms with E-state index in [-0.39, 0.29) is 18.1 Å². The third kappa shape index (κ3) is 2.31. The average Bonchev–Trinajstić information content (AvgIpc) is 2.85. The third-order valence-corrected chi connectivity index (χ3v) is 3.35. The fourth-order valence-corrected chi connectivity index (χ4v) is 2.33. The van der Waals surface area contributed by atoms with E-state index in [4.69, 9.17) is 0 Å². The van der Waals surface area contributed by atoms with Crippen molar-refractivity contribution in [3.63, 3.8) is 0 Å². The van der Waals surface area contributed by atoms with Gasteiger partial charge in [-0.25, -0.2) is 0 Å². The van der Waals surface area contributed by atoms with Gasteiger partial charge in [0.15, 0.2) is 0 Å². The maximum Gasteiger partial charge on any atom is 0.277 e. The molecular formula is C15H13N3O3. The summed E-state index contributed by atoms with van der Waals surface area (Å²) in [6.07, 6.45) is 3.33. The number of imide groups is 1. The van der Waals surface area contributed by atoms with Gasteiger partial charge in [0.05, 0.1) is 0 Å². The van der Waals surface area contributed by atoms with Crippen LogP contribution >= 0.6 is 0 Å². The van der Waals surface area contributed by atoms with Crippen molar-refractivity contribution in [1.82, 2.24) is 15.2 Å².